The van der Waals surface area contributed by atoms with Crippen LogP contribution in [0, 0.1) is 5.82 Å². The highest BCUT2D eigenvalue weighted by atomic mass is 19.4. The maximum atomic E-state index is 13.2. The van der Waals surface area contributed by atoms with Crippen molar-refractivity contribution >= 4 is 5.91 Å². The summed E-state index contributed by atoms with van der Waals surface area (Å²) in [6.45, 7) is 1.37. The Bertz CT molecular complexity index is 510. The maximum absolute atomic E-state index is 13.2. The second kappa shape index (κ2) is 5.40. The zero-order valence-corrected chi connectivity index (χ0v) is 10.8. The average molecular weight is 290 g/mol. The van der Waals surface area contributed by atoms with E-state index in [1.165, 1.54) is 11.9 Å². The van der Waals surface area contributed by atoms with Crippen LogP contribution >= 0.6 is 0 Å². The number of rotatable bonds is 2. The molecule has 0 aromatic heterocycles. The van der Waals surface area contributed by atoms with Crippen LogP contribution in [-0.2, 0) is 6.18 Å². The number of hydrogen-bond donors (Lipinski definition) is 1. The van der Waals surface area contributed by atoms with Gasteiger partial charge in [0, 0.05) is 25.2 Å². The van der Waals surface area contributed by atoms with E-state index in [2.05, 4.69) is 5.32 Å². The number of nitrogens with one attached hydrogen (secondary N) is 1. The zero-order valence-electron chi connectivity index (χ0n) is 10.8. The van der Waals surface area contributed by atoms with E-state index in [1.807, 2.05) is 0 Å². The van der Waals surface area contributed by atoms with Gasteiger partial charge in [-0.15, -0.1) is 0 Å². The topological polar surface area (TPSA) is 32.3 Å². The Balaban J connectivity index is 2.26. The van der Waals surface area contributed by atoms with Crippen LogP contribution in [-0.4, -0.2) is 37.0 Å². The number of carbonyl (C=O) groups is 1. The predicted molar refractivity (Wildman–Crippen MR) is 64.8 cm³/mol. The first-order chi connectivity index (χ1) is 9.30. The molecule has 1 fully saturated rings. The summed E-state index contributed by atoms with van der Waals surface area (Å²) in [5.74, 6) is -1.91. The van der Waals surface area contributed by atoms with Crippen molar-refractivity contribution in [1.82, 2.24) is 10.2 Å². The van der Waals surface area contributed by atoms with E-state index < -0.39 is 23.5 Å². The largest absolute Gasteiger partial charge is 0.419 e. The van der Waals surface area contributed by atoms with Crippen molar-refractivity contribution in [1.29, 1.82) is 0 Å². The lowest BCUT2D eigenvalue weighted by molar-refractivity contribution is -0.140. The lowest BCUT2D eigenvalue weighted by Crippen LogP contribution is -2.38. The molecule has 1 aromatic rings. The summed E-state index contributed by atoms with van der Waals surface area (Å²) in [4.78, 5) is 13.5. The predicted octanol–water partition coefficient (Wildman–Crippen LogP) is 2.28. The Labute approximate surface area is 113 Å². The minimum absolute atomic E-state index is 0.0538. The summed E-state index contributed by atoms with van der Waals surface area (Å²) in [7, 11) is 1.54. The first kappa shape index (κ1) is 14.8. The van der Waals surface area contributed by atoms with Crippen LogP contribution in [0.4, 0.5) is 17.6 Å². The smallest absolute Gasteiger partial charge is 0.337 e. The number of halogens is 4. The Kier molecular flexibility index (Phi) is 3.99. The normalized spacial score (nSPS) is 19.1. The van der Waals surface area contributed by atoms with Gasteiger partial charge in [0.1, 0.15) is 5.82 Å². The number of nitrogens with zero attached hydrogens (tertiary/aromatic N) is 1. The highest BCUT2D eigenvalue weighted by Crippen LogP contribution is 2.32. The van der Waals surface area contributed by atoms with Gasteiger partial charge in [-0.25, -0.2) is 4.39 Å². The van der Waals surface area contributed by atoms with Gasteiger partial charge in [-0.1, -0.05) is 0 Å². The summed E-state index contributed by atoms with van der Waals surface area (Å²) in [5.41, 5.74) is -1.57. The van der Waals surface area contributed by atoms with E-state index in [-0.39, 0.29) is 11.6 Å². The SMILES string of the molecule is CN(C(=O)c1ccc(F)c(C(F)(F)F)c1)[C@@H]1CCNC1. The van der Waals surface area contributed by atoms with Gasteiger partial charge in [-0.05, 0) is 31.2 Å². The molecule has 1 atom stereocenters. The Morgan fingerprint density at radius 1 is 1.40 bits per heavy atom. The van der Waals surface area contributed by atoms with Gasteiger partial charge in [0.2, 0.25) is 0 Å². The van der Waals surface area contributed by atoms with E-state index in [1.54, 1.807) is 0 Å². The first-order valence-corrected chi connectivity index (χ1v) is 6.15. The molecular formula is C13H14F4N2O. The first-order valence-electron chi connectivity index (χ1n) is 6.15. The quantitative estimate of drug-likeness (QED) is 0.848. The lowest BCUT2D eigenvalue weighted by Gasteiger charge is -2.24. The fourth-order valence-corrected chi connectivity index (χ4v) is 2.21. The van der Waals surface area contributed by atoms with Gasteiger partial charge in [-0.2, -0.15) is 13.2 Å². The van der Waals surface area contributed by atoms with Crippen molar-refractivity contribution in [2.75, 3.05) is 20.1 Å². The van der Waals surface area contributed by atoms with Crippen molar-refractivity contribution in [2.24, 2.45) is 0 Å². The summed E-state index contributed by atoms with van der Waals surface area (Å²) in [6, 6.07) is 2.26. The van der Waals surface area contributed by atoms with Gasteiger partial charge in [-0.3, -0.25) is 4.79 Å². The molecule has 3 nitrogen and oxygen atoms in total. The molecule has 2 rings (SSSR count). The second-order valence-electron chi connectivity index (χ2n) is 4.76. The highest BCUT2D eigenvalue weighted by molar-refractivity contribution is 5.94. The van der Waals surface area contributed by atoms with Crippen molar-refractivity contribution < 1.29 is 22.4 Å². The molecule has 0 spiro atoms. The molecule has 1 heterocycles. The van der Waals surface area contributed by atoms with Crippen LogP contribution in [0.3, 0.4) is 0 Å². The fraction of sp³-hybridized carbons (Fsp3) is 0.462. The van der Waals surface area contributed by atoms with Gasteiger partial charge in [0.15, 0.2) is 0 Å². The summed E-state index contributed by atoms with van der Waals surface area (Å²) in [5, 5.41) is 3.07. The third kappa shape index (κ3) is 2.92. The molecule has 1 amide bonds. The van der Waals surface area contributed by atoms with Crippen LogP contribution in [0.2, 0.25) is 0 Å². The van der Waals surface area contributed by atoms with Crippen LogP contribution in [0.1, 0.15) is 22.3 Å². The van der Waals surface area contributed by atoms with Crippen molar-refractivity contribution in [2.45, 2.75) is 18.6 Å². The van der Waals surface area contributed by atoms with Crippen LogP contribution < -0.4 is 5.32 Å². The molecule has 20 heavy (non-hydrogen) atoms. The van der Waals surface area contributed by atoms with Crippen LogP contribution in [0.25, 0.3) is 0 Å². The molecule has 7 heteroatoms. The number of carbonyl (C=O) groups excluding carboxylic acids is 1. The fourth-order valence-electron chi connectivity index (χ4n) is 2.21. The molecule has 1 saturated heterocycles. The van der Waals surface area contributed by atoms with Crippen molar-refractivity contribution in [3.05, 3.63) is 35.1 Å². The number of amides is 1. The molecule has 1 N–H and O–H groups in total. The Morgan fingerprint density at radius 3 is 2.65 bits per heavy atom. The monoisotopic (exact) mass is 290 g/mol. The molecule has 0 radical (unpaired) electrons. The molecule has 1 aromatic carbocycles. The molecular weight excluding hydrogens is 276 g/mol. The third-order valence-electron chi connectivity index (χ3n) is 3.42. The van der Waals surface area contributed by atoms with E-state index in [9.17, 15) is 22.4 Å². The molecule has 1 aliphatic rings. The minimum Gasteiger partial charge on any atom is -0.337 e. The lowest BCUT2D eigenvalue weighted by atomic mass is 10.1. The second-order valence-corrected chi connectivity index (χ2v) is 4.76. The van der Waals surface area contributed by atoms with Gasteiger partial charge in [0.05, 0.1) is 5.56 Å². The minimum atomic E-state index is -4.81. The standard InChI is InChI=1S/C13H14F4N2O/c1-19(9-4-5-18-7-9)12(20)8-2-3-11(14)10(6-8)13(15,16)17/h2-3,6,9,18H,4-5,7H2,1H3/t9-/m1/s1. The van der Waals surface area contributed by atoms with Gasteiger partial charge >= 0.3 is 6.18 Å². The van der Waals surface area contributed by atoms with Gasteiger partial charge in [0.25, 0.3) is 5.91 Å². The van der Waals surface area contributed by atoms with E-state index in [4.69, 9.17) is 0 Å². The zero-order chi connectivity index (χ0) is 14.9. The van der Waals surface area contributed by atoms with Crippen LogP contribution in [0.15, 0.2) is 18.2 Å². The van der Waals surface area contributed by atoms with Crippen molar-refractivity contribution in [3.8, 4) is 0 Å². The maximum Gasteiger partial charge on any atom is 0.419 e. The molecule has 0 aliphatic carbocycles. The van der Waals surface area contributed by atoms with E-state index in [0.717, 1.165) is 19.0 Å². The van der Waals surface area contributed by atoms with E-state index in [0.29, 0.717) is 18.7 Å². The molecule has 0 bridgehead atoms. The number of hydrogen-bond acceptors (Lipinski definition) is 2. The Morgan fingerprint density at radius 2 is 2.10 bits per heavy atom. The summed E-state index contributed by atoms with van der Waals surface area (Å²) < 4.78 is 51.0. The number of alkyl halides is 3. The number of likely N-dealkylation sites (N-methyl/N-ethyl adjacent to an activating group) is 1. The van der Waals surface area contributed by atoms with Gasteiger partial charge < -0.3 is 10.2 Å². The number of benzene rings is 1. The molecule has 0 unspecified atom stereocenters. The molecule has 1 aliphatic heterocycles. The average Bonchev–Trinajstić information content (AvgIpc) is 2.90. The summed E-state index contributed by atoms with van der Waals surface area (Å²) >= 11 is 0. The van der Waals surface area contributed by atoms with Crippen LogP contribution in [0.5, 0.6) is 0 Å². The van der Waals surface area contributed by atoms with E-state index >= 15 is 0 Å². The Hall–Kier alpha value is -1.63. The third-order valence-corrected chi connectivity index (χ3v) is 3.42. The molecule has 0 saturated carbocycles. The van der Waals surface area contributed by atoms with Crippen molar-refractivity contribution in [3.63, 3.8) is 0 Å². The molecule has 110 valence electrons. The summed E-state index contributed by atoms with van der Waals surface area (Å²) in [6.07, 6.45) is -4.07. The highest BCUT2D eigenvalue weighted by Gasteiger charge is 2.35.